The van der Waals surface area contributed by atoms with Crippen LogP contribution >= 0.6 is 22.9 Å². The van der Waals surface area contributed by atoms with E-state index in [1.54, 1.807) is 45.2 Å². The fourth-order valence-corrected chi connectivity index (χ4v) is 5.50. The number of rotatable bonds is 8. The quantitative estimate of drug-likeness (QED) is 0.206. The number of ether oxygens (including phenoxy) is 2. The molecule has 0 saturated heterocycles. The summed E-state index contributed by atoms with van der Waals surface area (Å²) in [6, 6.07) is 7.65. The average Bonchev–Trinajstić information content (AvgIpc) is 3.31. The predicted octanol–water partition coefficient (Wildman–Crippen LogP) is 7.14. The maximum atomic E-state index is 15.2. The Hall–Kier alpha value is -4.09. The Morgan fingerprint density at radius 3 is 2.58 bits per heavy atom. The highest BCUT2D eigenvalue weighted by atomic mass is 35.5. The van der Waals surface area contributed by atoms with E-state index in [9.17, 15) is 9.90 Å². The molecule has 0 aliphatic carbocycles. The van der Waals surface area contributed by atoms with Crippen LogP contribution in [0.15, 0.2) is 48.9 Å². The van der Waals surface area contributed by atoms with E-state index in [1.807, 2.05) is 13.0 Å². The van der Waals surface area contributed by atoms with Crippen molar-refractivity contribution in [2.24, 2.45) is 0 Å². The number of benzene rings is 2. The molecule has 12 heteroatoms. The Bertz CT molecular complexity index is 1720. The number of anilines is 1. The van der Waals surface area contributed by atoms with Crippen molar-refractivity contribution in [3.05, 3.63) is 65.6 Å². The summed E-state index contributed by atoms with van der Waals surface area (Å²) in [4.78, 5) is 30.5. The lowest BCUT2D eigenvalue weighted by Crippen LogP contribution is -2.46. The van der Waals surface area contributed by atoms with Crippen molar-refractivity contribution in [3.63, 3.8) is 0 Å². The zero-order valence-corrected chi connectivity index (χ0v) is 23.6. The normalized spacial score (nSPS) is 12.8. The summed E-state index contributed by atoms with van der Waals surface area (Å²) < 4.78 is 27.4. The van der Waals surface area contributed by atoms with Gasteiger partial charge in [0.15, 0.2) is 11.6 Å². The van der Waals surface area contributed by atoms with Gasteiger partial charge in [0.1, 0.15) is 22.7 Å². The average molecular weight is 582 g/mol. The fourth-order valence-electron chi connectivity index (χ4n) is 4.28. The molecule has 1 amide bonds. The molecule has 5 aromatic rings. The predicted molar refractivity (Wildman–Crippen MR) is 153 cm³/mol. The van der Waals surface area contributed by atoms with Crippen LogP contribution in [0.1, 0.15) is 26.6 Å². The summed E-state index contributed by atoms with van der Waals surface area (Å²) in [5, 5.41) is 11.8. The number of nitrogens with zero attached hydrogens (tertiary/aromatic N) is 5. The third-order valence-electron chi connectivity index (χ3n) is 6.36. The number of amides is 1. The van der Waals surface area contributed by atoms with Crippen LogP contribution in [0.4, 0.5) is 14.9 Å². The van der Waals surface area contributed by atoms with Crippen LogP contribution in [0, 0.1) is 12.7 Å². The van der Waals surface area contributed by atoms with Gasteiger partial charge in [-0.1, -0.05) is 11.6 Å². The van der Waals surface area contributed by atoms with Gasteiger partial charge in [0, 0.05) is 28.1 Å². The number of carboxylic acid groups (broad SMARTS) is 1. The maximum absolute atomic E-state index is 15.2. The minimum absolute atomic E-state index is 0.0111. The molecule has 5 rings (SSSR count). The molecular formula is C28H25ClFN5O4S. The summed E-state index contributed by atoms with van der Waals surface area (Å²) in [6.07, 6.45) is 2.59. The van der Waals surface area contributed by atoms with E-state index >= 15 is 4.39 Å². The van der Waals surface area contributed by atoms with Crippen molar-refractivity contribution >= 4 is 55.8 Å². The molecule has 2 atom stereocenters. The Morgan fingerprint density at radius 2 is 1.88 bits per heavy atom. The van der Waals surface area contributed by atoms with Gasteiger partial charge in [-0.15, -0.1) is 11.3 Å². The highest BCUT2D eigenvalue weighted by Gasteiger charge is 2.29. The van der Waals surface area contributed by atoms with Gasteiger partial charge in [0.2, 0.25) is 0 Å². The van der Waals surface area contributed by atoms with Crippen molar-refractivity contribution < 1.29 is 23.8 Å². The molecule has 40 heavy (non-hydrogen) atoms. The summed E-state index contributed by atoms with van der Waals surface area (Å²) >= 11 is 7.76. The van der Waals surface area contributed by atoms with E-state index in [1.165, 1.54) is 29.8 Å². The number of hydrogen-bond donors (Lipinski definition) is 1. The molecule has 3 aromatic heterocycles. The molecule has 0 saturated carbocycles. The number of carbonyl (C=O) groups is 1. The molecule has 9 nitrogen and oxygen atoms in total. The highest BCUT2D eigenvalue weighted by Crippen LogP contribution is 2.38. The Morgan fingerprint density at radius 1 is 1.12 bits per heavy atom. The number of aryl methyl sites for hydroxylation is 1. The van der Waals surface area contributed by atoms with E-state index < -0.39 is 24.1 Å². The number of fused-ring (bicyclic) bond motifs is 2. The first-order chi connectivity index (χ1) is 19.1. The molecular weight excluding hydrogens is 557 g/mol. The topological polar surface area (TPSA) is 111 Å². The van der Waals surface area contributed by atoms with Crippen molar-refractivity contribution in [1.82, 2.24) is 19.9 Å². The molecule has 1 N–H and O–H groups in total. The Kier molecular flexibility index (Phi) is 7.68. The molecule has 2 aromatic carbocycles. The fraction of sp³-hybridized carbons (Fsp3) is 0.250. The van der Waals surface area contributed by atoms with Crippen LogP contribution in [0.2, 0.25) is 5.02 Å². The van der Waals surface area contributed by atoms with Gasteiger partial charge in [-0.2, -0.15) is 0 Å². The zero-order chi connectivity index (χ0) is 28.6. The Labute approximate surface area is 238 Å². The van der Waals surface area contributed by atoms with Gasteiger partial charge in [-0.25, -0.2) is 24.1 Å². The van der Waals surface area contributed by atoms with Crippen LogP contribution in [-0.2, 0) is 0 Å². The molecule has 0 aliphatic rings. The van der Waals surface area contributed by atoms with Crippen molar-refractivity contribution in [2.45, 2.75) is 39.8 Å². The van der Waals surface area contributed by atoms with Gasteiger partial charge in [-0.05, 0) is 45.9 Å². The van der Waals surface area contributed by atoms with Crippen LogP contribution < -0.4 is 14.4 Å². The minimum atomic E-state index is -1.20. The van der Waals surface area contributed by atoms with Crippen LogP contribution in [0.3, 0.4) is 0 Å². The van der Waals surface area contributed by atoms with E-state index in [4.69, 9.17) is 21.1 Å². The second-order valence-electron chi connectivity index (χ2n) is 9.10. The van der Waals surface area contributed by atoms with Crippen LogP contribution in [0.5, 0.6) is 11.5 Å². The van der Waals surface area contributed by atoms with Crippen molar-refractivity contribution in [3.8, 4) is 22.1 Å². The lowest BCUT2D eigenvalue weighted by Gasteiger charge is -2.30. The van der Waals surface area contributed by atoms with Crippen molar-refractivity contribution in [1.29, 1.82) is 0 Å². The first kappa shape index (κ1) is 27.5. The molecule has 0 spiro atoms. The first-order valence-electron chi connectivity index (χ1n) is 12.4. The summed E-state index contributed by atoms with van der Waals surface area (Å²) in [5.74, 6) is 0.528. The molecule has 3 heterocycles. The molecule has 0 aliphatic heterocycles. The number of halogens is 2. The van der Waals surface area contributed by atoms with Gasteiger partial charge in [-0.3, -0.25) is 9.88 Å². The number of pyridine rings is 1. The lowest BCUT2D eigenvalue weighted by molar-refractivity contribution is 0.167. The maximum Gasteiger partial charge on any atom is 0.412 e. The first-order valence-corrected chi connectivity index (χ1v) is 13.6. The van der Waals surface area contributed by atoms with Crippen molar-refractivity contribution in [2.75, 3.05) is 11.5 Å². The molecule has 0 bridgehead atoms. The van der Waals surface area contributed by atoms with E-state index in [0.29, 0.717) is 55.2 Å². The molecule has 0 radical (unpaired) electrons. The monoisotopic (exact) mass is 581 g/mol. The molecule has 206 valence electrons. The number of aromatic nitrogens is 4. The van der Waals surface area contributed by atoms with E-state index in [2.05, 4.69) is 19.9 Å². The van der Waals surface area contributed by atoms with Gasteiger partial charge >= 0.3 is 6.09 Å². The molecule has 0 unspecified atom stereocenters. The second-order valence-corrected chi connectivity index (χ2v) is 10.6. The van der Waals surface area contributed by atoms with Crippen LogP contribution in [0.25, 0.3) is 31.7 Å². The third-order valence-corrected chi connectivity index (χ3v) is 7.63. The standard InChI is InChI=1S/C28H25ClFN5O4S/c1-5-38-20-7-17-6-18(29)8-21(26(17)33-13-20)27-34-23-9-22(30)24(10-25(23)40-27)39-15(3)14(2)35(28(36)37)19-11-31-16(4)32-12-19/h6-15H,5H2,1-4H3,(H,36,37)/t14-,15+/m1/s1. The van der Waals surface area contributed by atoms with Gasteiger partial charge < -0.3 is 14.6 Å². The summed E-state index contributed by atoms with van der Waals surface area (Å²) in [6.45, 7) is 7.47. The summed E-state index contributed by atoms with van der Waals surface area (Å²) in [5.41, 5.74) is 2.16. The summed E-state index contributed by atoms with van der Waals surface area (Å²) in [7, 11) is 0. The van der Waals surface area contributed by atoms with Gasteiger partial charge in [0.25, 0.3) is 0 Å². The highest BCUT2D eigenvalue weighted by molar-refractivity contribution is 7.21. The SMILES string of the molecule is CCOc1cnc2c(-c3nc4cc(F)c(O[C@@H](C)[C@@H](C)N(C(=O)O)c5cnc(C)nc5)cc4s3)cc(Cl)cc2c1. The number of thiazole rings is 1. The lowest BCUT2D eigenvalue weighted by atomic mass is 10.1. The Balaban J connectivity index is 1.45. The molecule has 0 fully saturated rings. The van der Waals surface area contributed by atoms with Crippen LogP contribution in [-0.4, -0.2) is 49.9 Å². The van der Waals surface area contributed by atoms with E-state index in [-0.39, 0.29) is 5.75 Å². The largest absolute Gasteiger partial charge is 0.492 e. The second kappa shape index (κ2) is 11.2. The minimum Gasteiger partial charge on any atom is -0.492 e. The smallest absolute Gasteiger partial charge is 0.412 e. The third kappa shape index (κ3) is 5.47. The zero-order valence-electron chi connectivity index (χ0n) is 22.1. The van der Waals surface area contributed by atoms with Gasteiger partial charge in [0.05, 0.1) is 52.7 Å². The van der Waals surface area contributed by atoms with E-state index in [0.717, 1.165) is 10.3 Å². The number of hydrogen-bond acceptors (Lipinski definition) is 8.